The van der Waals surface area contributed by atoms with Crippen molar-refractivity contribution in [2.75, 3.05) is 26.7 Å². The Labute approximate surface area is 139 Å². The standard InChI is InChI=1S/C17H27FN2O2Si/c1-20-11-15(13-6-5-7-14(18)10-13)16(12-20)22-17(21)19-8-9-23(2,3)4/h5-7,10,15-16H,8-9,11-12H2,1-4H3,(H,19,21). The molecule has 1 aromatic carbocycles. The van der Waals surface area contributed by atoms with Gasteiger partial charge < -0.3 is 15.0 Å². The van der Waals surface area contributed by atoms with Crippen LogP contribution >= 0.6 is 0 Å². The summed E-state index contributed by atoms with van der Waals surface area (Å²) in [5.41, 5.74) is 0.884. The van der Waals surface area contributed by atoms with E-state index in [-0.39, 0.29) is 23.9 Å². The molecule has 0 spiro atoms. The Morgan fingerprint density at radius 1 is 1.39 bits per heavy atom. The summed E-state index contributed by atoms with van der Waals surface area (Å²) in [5, 5.41) is 2.85. The number of benzene rings is 1. The number of ether oxygens (including phenoxy) is 1. The van der Waals surface area contributed by atoms with Gasteiger partial charge in [-0.05, 0) is 30.8 Å². The number of likely N-dealkylation sites (N-methyl/N-ethyl adjacent to an activating group) is 1. The van der Waals surface area contributed by atoms with Gasteiger partial charge in [-0.3, -0.25) is 0 Å². The summed E-state index contributed by atoms with van der Waals surface area (Å²) in [6, 6.07) is 7.59. The number of carbonyl (C=O) groups excluding carboxylic acids is 1. The SMILES string of the molecule is CN1CC(OC(=O)NCC[Si](C)(C)C)C(c2cccc(F)c2)C1. The van der Waals surface area contributed by atoms with E-state index >= 15 is 0 Å². The summed E-state index contributed by atoms with van der Waals surface area (Å²) < 4.78 is 19.1. The number of nitrogens with zero attached hydrogens (tertiary/aromatic N) is 1. The molecule has 2 unspecified atom stereocenters. The lowest BCUT2D eigenvalue weighted by atomic mass is 9.96. The van der Waals surface area contributed by atoms with E-state index in [9.17, 15) is 9.18 Å². The molecule has 1 aliphatic heterocycles. The number of hydrogen-bond donors (Lipinski definition) is 1. The van der Waals surface area contributed by atoms with Crippen LogP contribution in [-0.4, -0.2) is 51.9 Å². The lowest BCUT2D eigenvalue weighted by Gasteiger charge is -2.21. The van der Waals surface area contributed by atoms with Gasteiger partial charge in [0.05, 0.1) is 0 Å². The number of carbonyl (C=O) groups is 1. The second kappa shape index (κ2) is 7.44. The van der Waals surface area contributed by atoms with Gasteiger partial charge in [0.1, 0.15) is 11.9 Å². The molecule has 6 heteroatoms. The van der Waals surface area contributed by atoms with Gasteiger partial charge >= 0.3 is 6.09 Å². The molecule has 2 atom stereocenters. The molecule has 1 fully saturated rings. The number of amides is 1. The molecular formula is C17H27FN2O2Si. The molecule has 1 aromatic rings. The fourth-order valence-corrected chi connectivity index (χ4v) is 3.73. The van der Waals surface area contributed by atoms with Crippen LogP contribution in [0.3, 0.4) is 0 Å². The highest BCUT2D eigenvalue weighted by Gasteiger charge is 2.35. The molecule has 1 N–H and O–H groups in total. The van der Waals surface area contributed by atoms with Crippen LogP contribution in [0, 0.1) is 5.82 Å². The van der Waals surface area contributed by atoms with E-state index in [0.29, 0.717) is 13.1 Å². The van der Waals surface area contributed by atoms with E-state index in [2.05, 4.69) is 29.9 Å². The number of likely N-dealkylation sites (tertiary alicyclic amines) is 1. The summed E-state index contributed by atoms with van der Waals surface area (Å²) in [6.07, 6.45) is -0.612. The number of rotatable bonds is 5. The summed E-state index contributed by atoms with van der Waals surface area (Å²) in [6.45, 7) is 8.89. The van der Waals surface area contributed by atoms with E-state index in [4.69, 9.17) is 4.74 Å². The Hall–Kier alpha value is -1.40. The van der Waals surface area contributed by atoms with Gasteiger partial charge in [-0.25, -0.2) is 9.18 Å². The molecule has 0 saturated carbocycles. The molecule has 1 amide bonds. The van der Waals surface area contributed by atoms with Crippen LogP contribution in [0.4, 0.5) is 9.18 Å². The third-order valence-electron chi connectivity index (χ3n) is 4.13. The average molecular weight is 338 g/mol. The fourth-order valence-electron chi connectivity index (χ4n) is 2.86. The van der Waals surface area contributed by atoms with Crippen LogP contribution in [-0.2, 0) is 4.74 Å². The maximum absolute atomic E-state index is 13.5. The summed E-state index contributed by atoms with van der Waals surface area (Å²) in [7, 11) is 0.813. The molecule has 128 valence electrons. The van der Waals surface area contributed by atoms with E-state index in [1.807, 2.05) is 13.1 Å². The zero-order valence-corrected chi connectivity index (χ0v) is 15.4. The van der Waals surface area contributed by atoms with Crippen molar-refractivity contribution < 1.29 is 13.9 Å². The Bertz CT molecular complexity index is 548. The summed E-state index contributed by atoms with van der Waals surface area (Å²) >= 11 is 0. The maximum Gasteiger partial charge on any atom is 0.407 e. The van der Waals surface area contributed by atoms with Crippen LogP contribution in [0.2, 0.25) is 25.7 Å². The van der Waals surface area contributed by atoms with Crippen LogP contribution in [0.1, 0.15) is 11.5 Å². The van der Waals surface area contributed by atoms with Crippen molar-refractivity contribution in [3.8, 4) is 0 Å². The molecule has 1 saturated heterocycles. The quantitative estimate of drug-likeness (QED) is 0.838. The average Bonchev–Trinajstić information content (AvgIpc) is 2.78. The summed E-state index contributed by atoms with van der Waals surface area (Å²) in [5.74, 6) is -0.242. The number of halogens is 1. The van der Waals surface area contributed by atoms with E-state index in [0.717, 1.165) is 18.2 Å². The number of nitrogens with one attached hydrogen (secondary N) is 1. The van der Waals surface area contributed by atoms with Crippen molar-refractivity contribution in [1.29, 1.82) is 0 Å². The van der Waals surface area contributed by atoms with E-state index < -0.39 is 8.07 Å². The molecule has 0 radical (unpaired) electrons. The second-order valence-electron chi connectivity index (χ2n) is 7.56. The van der Waals surface area contributed by atoms with Crippen LogP contribution in [0.5, 0.6) is 0 Å². The van der Waals surface area contributed by atoms with Gasteiger partial charge in [0, 0.05) is 33.6 Å². The van der Waals surface area contributed by atoms with Gasteiger partial charge in [0.25, 0.3) is 0 Å². The first-order valence-corrected chi connectivity index (χ1v) is 11.8. The first-order chi connectivity index (χ1) is 10.7. The Kier molecular flexibility index (Phi) is 5.81. The molecule has 4 nitrogen and oxygen atoms in total. The van der Waals surface area contributed by atoms with Crippen molar-refractivity contribution in [2.45, 2.75) is 37.7 Å². The van der Waals surface area contributed by atoms with Gasteiger partial charge in [0.2, 0.25) is 0 Å². The summed E-state index contributed by atoms with van der Waals surface area (Å²) in [4.78, 5) is 14.1. The van der Waals surface area contributed by atoms with Crippen LogP contribution in [0.15, 0.2) is 24.3 Å². The number of hydrogen-bond acceptors (Lipinski definition) is 3. The van der Waals surface area contributed by atoms with Gasteiger partial charge in [-0.1, -0.05) is 31.8 Å². The van der Waals surface area contributed by atoms with Crippen LogP contribution < -0.4 is 5.32 Å². The van der Waals surface area contributed by atoms with Gasteiger partial charge in [-0.2, -0.15) is 0 Å². The fraction of sp³-hybridized carbons (Fsp3) is 0.588. The Balaban J connectivity index is 1.93. The predicted molar refractivity (Wildman–Crippen MR) is 93.1 cm³/mol. The lowest BCUT2D eigenvalue weighted by Crippen LogP contribution is -2.35. The zero-order valence-electron chi connectivity index (χ0n) is 14.4. The first-order valence-electron chi connectivity index (χ1n) is 8.13. The van der Waals surface area contributed by atoms with Crippen molar-refractivity contribution in [2.24, 2.45) is 0 Å². The second-order valence-corrected chi connectivity index (χ2v) is 13.2. The number of alkyl carbamates (subject to hydrolysis) is 1. The van der Waals surface area contributed by atoms with Crippen LogP contribution in [0.25, 0.3) is 0 Å². The molecule has 1 heterocycles. The van der Waals surface area contributed by atoms with Crippen molar-refractivity contribution in [3.05, 3.63) is 35.6 Å². The predicted octanol–water partition coefficient (Wildman–Crippen LogP) is 3.29. The maximum atomic E-state index is 13.5. The molecule has 0 bridgehead atoms. The highest BCUT2D eigenvalue weighted by Crippen LogP contribution is 2.29. The largest absolute Gasteiger partial charge is 0.444 e. The third-order valence-corrected chi connectivity index (χ3v) is 5.88. The molecule has 1 aliphatic rings. The van der Waals surface area contributed by atoms with Crippen molar-refractivity contribution in [3.63, 3.8) is 0 Å². The highest BCUT2D eigenvalue weighted by atomic mass is 28.3. The Morgan fingerprint density at radius 2 is 2.13 bits per heavy atom. The highest BCUT2D eigenvalue weighted by molar-refractivity contribution is 6.76. The molecule has 2 rings (SSSR count). The van der Waals surface area contributed by atoms with Gasteiger partial charge in [0.15, 0.2) is 0 Å². The smallest absolute Gasteiger partial charge is 0.407 e. The third kappa shape index (κ3) is 5.62. The first kappa shape index (κ1) is 17.9. The minimum absolute atomic E-state index is 0.0124. The van der Waals surface area contributed by atoms with Crippen molar-refractivity contribution >= 4 is 14.2 Å². The topological polar surface area (TPSA) is 41.6 Å². The normalized spacial score (nSPS) is 22.1. The minimum Gasteiger partial charge on any atom is -0.444 e. The molecular weight excluding hydrogens is 311 g/mol. The zero-order chi connectivity index (χ0) is 17.0. The van der Waals surface area contributed by atoms with Gasteiger partial charge in [-0.15, -0.1) is 0 Å². The molecule has 0 aliphatic carbocycles. The Morgan fingerprint density at radius 3 is 2.78 bits per heavy atom. The van der Waals surface area contributed by atoms with E-state index in [1.54, 1.807) is 6.07 Å². The van der Waals surface area contributed by atoms with Crippen molar-refractivity contribution in [1.82, 2.24) is 10.2 Å². The molecule has 0 aromatic heterocycles. The minimum atomic E-state index is -1.17. The monoisotopic (exact) mass is 338 g/mol. The lowest BCUT2D eigenvalue weighted by molar-refractivity contribution is 0.0953. The molecule has 23 heavy (non-hydrogen) atoms. The van der Waals surface area contributed by atoms with E-state index in [1.165, 1.54) is 12.1 Å².